The molecule has 1 aliphatic heterocycles. The van der Waals surface area contributed by atoms with E-state index in [0.717, 1.165) is 31.2 Å². The third kappa shape index (κ3) is 5.81. The predicted molar refractivity (Wildman–Crippen MR) is 112 cm³/mol. The Labute approximate surface area is 172 Å². The fourth-order valence-corrected chi connectivity index (χ4v) is 4.82. The van der Waals surface area contributed by atoms with Gasteiger partial charge in [0.05, 0.1) is 4.90 Å². The summed E-state index contributed by atoms with van der Waals surface area (Å²) in [5.41, 5.74) is 2.09. The molecule has 6 nitrogen and oxygen atoms in total. The van der Waals surface area contributed by atoms with Gasteiger partial charge in [0.1, 0.15) is 5.75 Å². The molecule has 0 bridgehead atoms. The van der Waals surface area contributed by atoms with Crippen LogP contribution < -0.4 is 10.1 Å². The number of carbonyl (C=O) groups excluding carboxylic acids is 1. The molecule has 7 heteroatoms. The molecule has 156 valence electrons. The van der Waals surface area contributed by atoms with Crippen LogP contribution >= 0.6 is 0 Å². The van der Waals surface area contributed by atoms with E-state index in [2.05, 4.69) is 12.2 Å². The fraction of sp³-hybridized carbons (Fsp3) is 0.409. The third-order valence-corrected chi connectivity index (χ3v) is 6.86. The van der Waals surface area contributed by atoms with Crippen molar-refractivity contribution in [2.75, 3.05) is 19.7 Å². The van der Waals surface area contributed by atoms with Gasteiger partial charge in [0.25, 0.3) is 5.91 Å². The summed E-state index contributed by atoms with van der Waals surface area (Å²) in [5, 5.41) is 2.79. The number of ether oxygens (including phenoxy) is 1. The zero-order valence-electron chi connectivity index (χ0n) is 16.8. The highest BCUT2D eigenvalue weighted by atomic mass is 32.2. The van der Waals surface area contributed by atoms with Crippen LogP contribution in [0.3, 0.4) is 0 Å². The monoisotopic (exact) mass is 416 g/mol. The Kier molecular flexibility index (Phi) is 7.28. The number of hydrogen-bond acceptors (Lipinski definition) is 4. The molecule has 3 rings (SSSR count). The third-order valence-electron chi connectivity index (χ3n) is 4.95. The number of rotatable bonds is 9. The first-order valence-electron chi connectivity index (χ1n) is 10.1. The largest absolute Gasteiger partial charge is 0.484 e. The van der Waals surface area contributed by atoms with Gasteiger partial charge in [-0.05, 0) is 54.7 Å². The number of hydrogen-bond donors (Lipinski definition) is 1. The molecule has 0 radical (unpaired) electrons. The number of amides is 1. The van der Waals surface area contributed by atoms with Crippen LogP contribution in [-0.4, -0.2) is 38.3 Å². The molecule has 0 spiro atoms. The summed E-state index contributed by atoms with van der Waals surface area (Å²) >= 11 is 0. The molecule has 2 aromatic rings. The second-order valence-corrected chi connectivity index (χ2v) is 9.15. The van der Waals surface area contributed by atoms with Crippen LogP contribution in [0.2, 0.25) is 0 Å². The summed E-state index contributed by atoms with van der Waals surface area (Å²) in [4.78, 5) is 12.3. The minimum absolute atomic E-state index is 0.0610. The van der Waals surface area contributed by atoms with Crippen molar-refractivity contribution in [2.24, 2.45) is 0 Å². The van der Waals surface area contributed by atoms with E-state index in [9.17, 15) is 13.2 Å². The minimum atomic E-state index is -3.41. The van der Waals surface area contributed by atoms with Crippen LogP contribution in [0.15, 0.2) is 53.4 Å². The second kappa shape index (κ2) is 9.89. The quantitative estimate of drug-likeness (QED) is 0.681. The summed E-state index contributed by atoms with van der Waals surface area (Å²) in [5.74, 6) is 0.438. The van der Waals surface area contributed by atoms with Gasteiger partial charge >= 0.3 is 0 Å². The van der Waals surface area contributed by atoms with Gasteiger partial charge in [-0.2, -0.15) is 4.31 Å². The summed E-state index contributed by atoms with van der Waals surface area (Å²) in [6, 6.07) is 14.4. The van der Waals surface area contributed by atoms with E-state index in [1.54, 1.807) is 24.3 Å². The van der Waals surface area contributed by atoms with Crippen LogP contribution in [0.4, 0.5) is 0 Å². The molecule has 1 amide bonds. The van der Waals surface area contributed by atoms with Crippen molar-refractivity contribution in [3.05, 3.63) is 59.7 Å². The standard InChI is InChI=1S/C22H28N2O4S/c1-2-5-18-6-10-20(11-7-18)28-17-22(25)23-16-19-8-12-21(13-9-19)29(26,27)24-14-3-4-15-24/h6-13H,2-5,14-17H2,1H3,(H,23,25). The van der Waals surface area contributed by atoms with Gasteiger partial charge in [-0.25, -0.2) is 8.42 Å². The highest BCUT2D eigenvalue weighted by Gasteiger charge is 2.26. The van der Waals surface area contributed by atoms with E-state index in [1.807, 2.05) is 24.3 Å². The average molecular weight is 417 g/mol. The van der Waals surface area contributed by atoms with Gasteiger partial charge in [0.2, 0.25) is 10.0 Å². The number of benzene rings is 2. The van der Waals surface area contributed by atoms with E-state index in [4.69, 9.17) is 4.74 Å². The summed E-state index contributed by atoms with van der Waals surface area (Å²) in [6.45, 7) is 3.56. The number of nitrogens with one attached hydrogen (secondary N) is 1. The first-order chi connectivity index (χ1) is 14.0. The molecule has 1 aliphatic rings. The van der Waals surface area contributed by atoms with E-state index < -0.39 is 10.0 Å². The maximum Gasteiger partial charge on any atom is 0.258 e. The lowest BCUT2D eigenvalue weighted by Gasteiger charge is -2.15. The minimum Gasteiger partial charge on any atom is -0.484 e. The Morgan fingerprint density at radius 3 is 2.24 bits per heavy atom. The number of sulfonamides is 1. The molecular weight excluding hydrogens is 388 g/mol. The lowest BCUT2D eigenvalue weighted by atomic mass is 10.1. The van der Waals surface area contributed by atoms with Crippen LogP contribution in [-0.2, 0) is 27.8 Å². The van der Waals surface area contributed by atoms with Crippen molar-refractivity contribution < 1.29 is 17.9 Å². The van der Waals surface area contributed by atoms with Gasteiger partial charge < -0.3 is 10.1 Å². The smallest absolute Gasteiger partial charge is 0.258 e. The van der Waals surface area contributed by atoms with Crippen molar-refractivity contribution >= 4 is 15.9 Å². The van der Waals surface area contributed by atoms with E-state index in [0.29, 0.717) is 30.3 Å². The van der Waals surface area contributed by atoms with Crippen molar-refractivity contribution in [1.82, 2.24) is 9.62 Å². The highest BCUT2D eigenvalue weighted by Crippen LogP contribution is 2.21. The van der Waals surface area contributed by atoms with E-state index in [-0.39, 0.29) is 12.5 Å². The second-order valence-electron chi connectivity index (χ2n) is 7.21. The Morgan fingerprint density at radius 1 is 1.00 bits per heavy atom. The predicted octanol–water partition coefficient (Wildman–Crippen LogP) is 3.12. The molecule has 29 heavy (non-hydrogen) atoms. The Morgan fingerprint density at radius 2 is 1.62 bits per heavy atom. The Bertz CT molecular complexity index is 903. The highest BCUT2D eigenvalue weighted by molar-refractivity contribution is 7.89. The molecule has 0 aromatic heterocycles. The zero-order valence-corrected chi connectivity index (χ0v) is 17.6. The summed E-state index contributed by atoms with van der Waals surface area (Å²) in [7, 11) is -3.41. The first kappa shape index (κ1) is 21.3. The maximum atomic E-state index is 12.5. The fourth-order valence-electron chi connectivity index (χ4n) is 3.30. The Hall–Kier alpha value is -2.38. The van der Waals surface area contributed by atoms with Crippen LogP contribution in [0, 0.1) is 0 Å². The molecule has 0 atom stereocenters. The molecule has 0 saturated carbocycles. The van der Waals surface area contributed by atoms with Gasteiger partial charge in [-0.3, -0.25) is 4.79 Å². The molecule has 0 aliphatic carbocycles. The Balaban J connectivity index is 1.46. The lowest BCUT2D eigenvalue weighted by Crippen LogP contribution is -2.29. The molecule has 1 saturated heterocycles. The molecule has 1 N–H and O–H groups in total. The molecule has 1 heterocycles. The van der Waals surface area contributed by atoms with Crippen molar-refractivity contribution in [3.63, 3.8) is 0 Å². The number of nitrogens with zero attached hydrogens (tertiary/aromatic N) is 1. The molecule has 2 aromatic carbocycles. The van der Waals surface area contributed by atoms with Gasteiger partial charge in [0.15, 0.2) is 6.61 Å². The van der Waals surface area contributed by atoms with E-state index >= 15 is 0 Å². The van der Waals surface area contributed by atoms with Crippen LogP contribution in [0.1, 0.15) is 37.3 Å². The van der Waals surface area contributed by atoms with Gasteiger partial charge in [-0.15, -0.1) is 0 Å². The maximum absolute atomic E-state index is 12.5. The van der Waals surface area contributed by atoms with Crippen molar-refractivity contribution in [2.45, 2.75) is 44.0 Å². The van der Waals surface area contributed by atoms with Crippen molar-refractivity contribution in [1.29, 1.82) is 0 Å². The average Bonchev–Trinajstić information content (AvgIpc) is 3.28. The number of carbonyl (C=O) groups is 1. The normalized spacial score (nSPS) is 14.7. The van der Waals surface area contributed by atoms with E-state index in [1.165, 1.54) is 9.87 Å². The lowest BCUT2D eigenvalue weighted by molar-refractivity contribution is -0.123. The van der Waals surface area contributed by atoms with Crippen LogP contribution in [0.25, 0.3) is 0 Å². The molecule has 1 fully saturated rings. The first-order valence-corrected chi connectivity index (χ1v) is 11.5. The SMILES string of the molecule is CCCc1ccc(OCC(=O)NCc2ccc(S(=O)(=O)N3CCCC3)cc2)cc1. The zero-order chi connectivity index (χ0) is 20.7. The molecule has 0 unspecified atom stereocenters. The van der Waals surface area contributed by atoms with Crippen molar-refractivity contribution in [3.8, 4) is 5.75 Å². The number of aryl methyl sites for hydroxylation is 1. The van der Waals surface area contributed by atoms with Crippen LogP contribution in [0.5, 0.6) is 5.75 Å². The molecular formula is C22H28N2O4S. The van der Waals surface area contributed by atoms with Gasteiger partial charge in [-0.1, -0.05) is 37.6 Å². The summed E-state index contributed by atoms with van der Waals surface area (Å²) < 4.78 is 32.1. The topological polar surface area (TPSA) is 75.7 Å². The van der Waals surface area contributed by atoms with Gasteiger partial charge in [0, 0.05) is 19.6 Å². The summed E-state index contributed by atoms with van der Waals surface area (Å²) in [6.07, 6.45) is 3.94.